The summed E-state index contributed by atoms with van der Waals surface area (Å²) in [5, 5.41) is 0. The number of esters is 3. The van der Waals surface area contributed by atoms with Gasteiger partial charge in [0, 0.05) is 0 Å². The number of hydrogen-bond acceptors (Lipinski definition) is 10. The average molecular weight is 524 g/mol. The molecule has 0 spiro atoms. The molecule has 2 atom stereocenters. The Bertz CT molecular complexity index is 944. The molecule has 0 heterocycles. The highest BCUT2D eigenvalue weighted by Gasteiger charge is 2.24. The molecule has 0 aromatic heterocycles. The summed E-state index contributed by atoms with van der Waals surface area (Å²) in [7, 11) is 0. The molecule has 1 aromatic rings. The van der Waals surface area contributed by atoms with E-state index in [9.17, 15) is 19.2 Å². The first-order valence-corrected chi connectivity index (χ1v) is 12.3. The predicted molar refractivity (Wildman–Crippen MR) is 136 cm³/mol. The lowest BCUT2D eigenvalue weighted by Gasteiger charge is -2.20. The van der Waals surface area contributed by atoms with E-state index in [0.29, 0.717) is 5.56 Å². The van der Waals surface area contributed by atoms with Crippen molar-refractivity contribution >= 4 is 24.1 Å². The van der Waals surface area contributed by atoms with Crippen LogP contribution < -0.4 is 15.2 Å². The summed E-state index contributed by atoms with van der Waals surface area (Å²) < 4.78 is 25.7. The van der Waals surface area contributed by atoms with Gasteiger partial charge in [-0.15, -0.1) is 0 Å². The minimum Gasteiger partial charge on any atom is -0.458 e. The van der Waals surface area contributed by atoms with Gasteiger partial charge in [-0.25, -0.2) is 4.79 Å². The van der Waals surface area contributed by atoms with Crippen LogP contribution in [-0.4, -0.2) is 49.4 Å². The van der Waals surface area contributed by atoms with Gasteiger partial charge in [-0.1, -0.05) is 47.6 Å². The molecular weight excluding hydrogens is 482 g/mol. The third-order valence-electron chi connectivity index (χ3n) is 4.58. The van der Waals surface area contributed by atoms with Gasteiger partial charge < -0.3 is 29.4 Å². The van der Waals surface area contributed by atoms with Crippen molar-refractivity contribution in [3.05, 3.63) is 23.8 Å². The van der Waals surface area contributed by atoms with Crippen molar-refractivity contribution in [1.82, 2.24) is 0 Å². The van der Waals surface area contributed by atoms with E-state index in [4.69, 9.17) is 24.7 Å². The summed E-state index contributed by atoms with van der Waals surface area (Å²) in [5.74, 6) is -1.50. The van der Waals surface area contributed by atoms with Crippen LogP contribution in [0.15, 0.2) is 18.2 Å². The van der Waals surface area contributed by atoms with Crippen LogP contribution in [0.1, 0.15) is 73.8 Å². The standard InChI is InChI=1S/C27H41NO9/c1-9-33-25(32)34-16-17(2)35-24(31)19(28)12-18-10-11-20(36-22(29)14-26(3,4)5)21(13-18)37-23(30)15-27(6,7)8/h10-11,13,17,19H,9,12,14-16,28H2,1-8H3/t17-,19-/m0/s1. The maximum absolute atomic E-state index is 12.5. The minimum atomic E-state index is -1.04. The molecule has 0 aliphatic heterocycles. The molecule has 10 nitrogen and oxygen atoms in total. The van der Waals surface area contributed by atoms with Gasteiger partial charge in [-0.3, -0.25) is 14.4 Å². The van der Waals surface area contributed by atoms with E-state index in [1.807, 2.05) is 41.5 Å². The first kappa shape index (κ1) is 31.9. The molecule has 0 saturated heterocycles. The fourth-order valence-electron chi connectivity index (χ4n) is 3.03. The van der Waals surface area contributed by atoms with E-state index < -0.39 is 36.2 Å². The van der Waals surface area contributed by atoms with Gasteiger partial charge in [0.25, 0.3) is 0 Å². The molecule has 10 heteroatoms. The quantitative estimate of drug-likeness (QED) is 0.329. The van der Waals surface area contributed by atoms with Gasteiger partial charge in [-0.05, 0) is 48.8 Å². The Kier molecular flexibility index (Phi) is 12.0. The second-order valence-electron chi connectivity index (χ2n) is 11.3. The Labute approximate surface area is 219 Å². The van der Waals surface area contributed by atoms with Crippen molar-refractivity contribution in [3.8, 4) is 11.5 Å². The Morgan fingerprint density at radius 2 is 1.41 bits per heavy atom. The monoisotopic (exact) mass is 523 g/mol. The summed E-state index contributed by atoms with van der Waals surface area (Å²) in [6, 6.07) is 3.60. The smallest absolute Gasteiger partial charge is 0.458 e. The third kappa shape index (κ3) is 13.7. The molecule has 1 aromatic carbocycles. The van der Waals surface area contributed by atoms with Crippen LogP contribution in [0.25, 0.3) is 0 Å². The van der Waals surface area contributed by atoms with Crippen molar-refractivity contribution in [2.24, 2.45) is 16.6 Å². The summed E-state index contributed by atoms with van der Waals surface area (Å²) in [6.45, 7) is 14.6. The van der Waals surface area contributed by atoms with Crippen molar-refractivity contribution in [2.45, 2.75) is 86.8 Å². The van der Waals surface area contributed by atoms with Gasteiger partial charge in [0.1, 0.15) is 18.8 Å². The van der Waals surface area contributed by atoms with Crippen LogP contribution in [0.3, 0.4) is 0 Å². The molecule has 0 radical (unpaired) electrons. The molecule has 0 saturated carbocycles. The summed E-state index contributed by atoms with van der Waals surface area (Å²) in [4.78, 5) is 48.6. The summed E-state index contributed by atoms with van der Waals surface area (Å²) in [6.07, 6.45) is -1.22. The van der Waals surface area contributed by atoms with E-state index >= 15 is 0 Å². The molecule has 0 fully saturated rings. The minimum absolute atomic E-state index is 0.0598. The van der Waals surface area contributed by atoms with Gasteiger partial charge in [0.05, 0.1) is 19.4 Å². The molecular formula is C27H41NO9. The van der Waals surface area contributed by atoms with E-state index in [-0.39, 0.29) is 54.8 Å². The zero-order valence-electron chi connectivity index (χ0n) is 23.2. The van der Waals surface area contributed by atoms with Crippen LogP contribution in [0.4, 0.5) is 4.79 Å². The number of ether oxygens (including phenoxy) is 5. The van der Waals surface area contributed by atoms with Crippen LogP contribution >= 0.6 is 0 Å². The second kappa shape index (κ2) is 14.0. The van der Waals surface area contributed by atoms with E-state index in [2.05, 4.69) is 4.74 Å². The maximum atomic E-state index is 12.5. The second-order valence-corrected chi connectivity index (χ2v) is 11.3. The maximum Gasteiger partial charge on any atom is 0.508 e. The van der Waals surface area contributed by atoms with Crippen LogP contribution in [0.2, 0.25) is 0 Å². The fraction of sp³-hybridized carbons (Fsp3) is 0.630. The largest absolute Gasteiger partial charge is 0.508 e. The molecule has 0 bridgehead atoms. The third-order valence-corrected chi connectivity index (χ3v) is 4.58. The Hall–Kier alpha value is -3.14. The highest BCUT2D eigenvalue weighted by atomic mass is 16.7. The van der Waals surface area contributed by atoms with Gasteiger partial charge in [0.15, 0.2) is 11.5 Å². The van der Waals surface area contributed by atoms with E-state index in [0.717, 1.165) is 0 Å². The van der Waals surface area contributed by atoms with Gasteiger partial charge in [-0.2, -0.15) is 0 Å². The van der Waals surface area contributed by atoms with E-state index in [1.54, 1.807) is 19.9 Å². The summed E-state index contributed by atoms with van der Waals surface area (Å²) in [5.41, 5.74) is 5.99. The van der Waals surface area contributed by atoms with Crippen LogP contribution in [0.5, 0.6) is 11.5 Å². The van der Waals surface area contributed by atoms with Crippen molar-refractivity contribution in [3.63, 3.8) is 0 Å². The number of rotatable bonds is 11. The molecule has 1 rings (SSSR count). The lowest BCUT2D eigenvalue weighted by atomic mass is 9.92. The summed E-state index contributed by atoms with van der Waals surface area (Å²) >= 11 is 0. The molecule has 208 valence electrons. The van der Waals surface area contributed by atoms with E-state index in [1.165, 1.54) is 12.1 Å². The zero-order valence-corrected chi connectivity index (χ0v) is 23.2. The Morgan fingerprint density at radius 3 is 1.92 bits per heavy atom. The predicted octanol–water partition coefficient (Wildman–Crippen LogP) is 4.34. The first-order valence-electron chi connectivity index (χ1n) is 12.3. The Morgan fingerprint density at radius 1 is 0.865 bits per heavy atom. The van der Waals surface area contributed by atoms with Crippen molar-refractivity contribution < 1.29 is 42.9 Å². The van der Waals surface area contributed by atoms with Gasteiger partial charge >= 0.3 is 24.1 Å². The highest BCUT2D eigenvalue weighted by molar-refractivity contribution is 5.78. The van der Waals surface area contributed by atoms with Crippen molar-refractivity contribution in [1.29, 1.82) is 0 Å². The van der Waals surface area contributed by atoms with Crippen molar-refractivity contribution in [2.75, 3.05) is 13.2 Å². The molecule has 0 aliphatic rings. The Balaban J connectivity index is 2.95. The highest BCUT2D eigenvalue weighted by Crippen LogP contribution is 2.32. The molecule has 0 amide bonds. The average Bonchev–Trinajstić information content (AvgIpc) is 2.71. The zero-order chi connectivity index (χ0) is 28.4. The number of benzene rings is 1. The molecule has 0 aliphatic carbocycles. The number of carbonyl (C=O) groups is 4. The number of hydrogen-bond donors (Lipinski definition) is 1. The molecule has 2 N–H and O–H groups in total. The number of carbonyl (C=O) groups excluding carboxylic acids is 4. The lowest BCUT2D eigenvalue weighted by molar-refractivity contribution is -0.152. The molecule has 0 unspecified atom stereocenters. The SMILES string of the molecule is CCOC(=O)OC[C@H](C)OC(=O)[C@@H](N)Cc1ccc(OC(=O)CC(C)(C)C)c(OC(=O)CC(C)(C)C)c1. The first-order chi connectivity index (χ1) is 17.0. The normalized spacial score (nSPS) is 13.2. The molecule has 37 heavy (non-hydrogen) atoms. The van der Waals surface area contributed by atoms with Gasteiger partial charge in [0.2, 0.25) is 0 Å². The number of nitrogens with two attached hydrogens (primary N) is 1. The fourth-order valence-corrected chi connectivity index (χ4v) is 3.03. The van der Waals surface area contributed by atoms with Crippen LogP contribution in [-0.2, 0) is 35.0 Å². The van der Waals surface area contributed by atoms with Crippen LogP contribution in [0, 0.1) is 10.8 Å². The lowest BCUT2D eigenvalue weighted by Crippen LogP contribution is -2.37. The topological polar surface area (TPSA) is 140 Å².